The third-order valence-corrected chi connectivity index (χ3v) is 2.93. The Morgan fingerprint density at radius 1 is 1.33 bits per heavy atom. The van der Waals surface area contributed by atoms with Crippen LogP contribution in [0.2, 0.25) is 19.6 Å². The lowest BCUT2D eigenvalue weighted by atomic mass is 10.2. The van der Waals surface area contributed by atoms with Gasteiger partial charge in [0.1, 0.15) is 14.2 Å². The monoisotopic (exact) mass is 248 g/mol. The molecule has 0 amide bonds. The highest BCUT2D eigenvalue weighted by Crippen LogP contribution is 2.06. The highest BCUT2D eigenvalue weighted by atomic mass is 32.2. The van der Waals surface area contributed by atoms with Crippen LogP contribution in [0, 0.1) is 11.5 Å². The summed E-state index contributed by atoms with van der Waals surface area (Å²) in [6.07, 6.45) is 2.11. The van der Waals surface area contributed by atoms with E-state index in [0.717, 1.165) is 12.7 Å². The first-order chi connectivity index (χ1) is 6.64. The van der Waals surface area contributed by atoms with Crippen LogP contribution < -0.4 is 0 Å². The first kappa shape index (κ1) is 14.7. The van der Waals surface area contributed by atoms with Crippen LogP contribution >= 0.6 is 0 Å². The summed E-state index contributed by atoms with van der Waals surface area (Å²) in [7, 11) is -4.86. The fourth-order valence-electron chi connectivity index (χ4n) is 0.915. The summed E-state index contributed by atoms with van der Waals surface area (Å²) in [6, 6.07) is 0. The van der Waals surface area contributed by atoms with Crippen molar-refractivity contribution in [1.29, 1.82) is 0 Å². The van der Waals surface area contributed by atoms with Gasteiger partial charge in [0.15, 0.2) is 0 Å². The fourth-order valence-corrected chi connectivity index (χ4v) is 2.07. The van der Waals surface area contributed by atoms with Crippen molar-refractivity contribution in [1.82, 2.24) is 0 Å². The minimum absolute atomic E-state index is 0.475. The molecule has 15 heavy (non-hydrogen) atoms. The standard InChI is InChI=1S/C10H20O3SSi/c1-6-7-10(13-14(2,11)12)8-9-15(3,4)5/h10H,6-7H2,1-5H3. The average Bonchev–Trinajstić information content (AvgIpc) is 1.96. The van der Waals surface area contributed by atoms with Crippen LogP contribution in [0.3, 0.4) is 0 Å². The van der Waals surface area contributed by atoms with Crippen molar-refractivity contribution in [3.63, 3.8) is 0 Å². The summed E-state index contributed by atoms with van der Waals surface area (Å²) in [5.74, 6) is 2.93. The van der Waals surface area contributed by atoms with Gasteiger partial charge in [-0.15, -0.1) is 5.54 Å². The molecule has 0 spiro atoms. The maximum absolute atomic E-state index is 11.0. The molecule has 1 atom stereocenters. The Morgan fingerprint density at radius 3 is 2.20 bits per heavy atom. The normalized spacial score (nSPS) is 14.2. The third kappa shape index (κ3) is 9.98. The summed E-state index contributed by atoms with van der Waals surface area (Å²) < 4.78 is 26.8. The molecule has 0 aromatic heterocycles. The molecule has 0 rings (SSSR count). The molecule has 0 fully saturated rings. The molecule has 0 N–H and O–H groups in total. The van der Waals surface area contributed by atoms with E-state index in [4.69, 9.17) is 4.18 Å². The summed E-state index contributed by atoms with van der Waals surface area (Å²) in [6.45, 7) is 8.32. The molecule has 0 aliphatic carbocycles. The zero-order valence-corrected chi connectivity index (χ0v) is 11.9. The van der Waals surface area contributed by atoms with Gasteiger partial charge in [-0.25, -0.2) is 0 Å². The van der Waals surface area contributed by atoms with Crippen LogP contribution in [-0.4, -0.2) is 28.9 Å². The highest BCUT2D eigenvalue weighted by molar-refractivity contribution is 7.86. The fraction of sp³-hybridized carbons (Fsp3) is 0.800. The highest BCUT2D eigenvalue weighted by Gasteiger charge is 2.13. The molecule has 0 aliphatic heterocycles. The van der Waals surface area contributed by atoms with Crippen LogP contribution in [0.4, 0.5) is 0 Å². The minimum atomic E-state index is -3.40. The topological polar surface area (TPSA) is 43.4 Å². The van der Waals surface area contributed by atoms with Crippen molar-refractivity contribution >= 4 is 18.2 Å². The Hall–Kier alpha value is -0.313. The first-order valence-corrected chi connectivity index (χ1v) is 10.4. The van der Waals surface area contributed by atoms with E-state index in [1.165, 1.54) is 0 Å². The maximum atomic E-state index is 11.0. The largest absolute Gasteiger partial charge is 0.265 e. The van der Waals surface area contributed by atoms with E-state index in [-0.39, 0.29) is 0 Å². The molecular weight excluding hydrogens is 228 g/mol. The van der Waals surface area contributed by atoms with E-state index < -0.39 is 24.3 Å². The van der Waals surface area contributed by atoms with Crippen molar-refractivity contribution in [3.8, 4) is 11.5 Å². The molecule has 1 unspecified atom stereocenters. The second-order valence-corrected chi connectivity index (χ2v) is 10.9. The summed E-state index contributed by atoms with van der Waals surface area (Å²) in [5, 5.41) is 0. The molecular formula is C10H20O3SSi. The Kier molecular flexibility index (Phi) is 5.57. The van der Waals surface area contributed by atoms with E-state index in [1.54, 1.807) is 0 Å². The second-order valence-electron chi connectivity index (χ2n) is 4.60. The smallest absolute Gasteiger partial charge is 0.254 e. The van der Waals surface area contributed by atoms with Crippen molar-refractivity contribution in [3.05, 3.63) is 0 Å². The molecule has 0 heterocycles. The predicted molar refractivity (Wildman–Crippen MR) is 65.7 cm³/mol. The lowest BCUT2D eigenvalue weighted by Gasteiger charge is -2.10. The summed E-state index contributed by atoms with van der Waals surface area (Å²) in [4.78, 5) is 0. The Morgan fingerprint density at radius 2 is 1.87 bits per heavy atom. The molecule has 3 nitrogen and oxygen atoms in total. The molecule has 0 aliphatic rings. The molecule has 0 bridgehead atoms. The Bertz CT molecular complexity index is 343. The van der Waals surface area contributed by atoms with Gasteiger partial charge >= 0.3 is 0 Å². The van der Waals surface area contributed by atoms with Crippen LogP contribution in [-0.2, 0) is 14.3 Å². The van der Waals surface area contributed by atoms with Gasteiger partial charge < -0.3 is 0 Å². The van der Waals surface area contributed by atoms with Crippen molar-refractivity contribution in [2.75, 3.05) is 6.26 Å². The Labute approximate surface area is 94.4 Å². The van der Waals surface area contributed by atoms with Crippen LogP contribution in [0.25, 0.3) is 0 Å². The lowest BCUT2D eigenvalue weighted by molar-refractivity contribution is 0.255. The zero-order valence-electron chi connectivity index (χ0n) is 10.1. The van der Waals surface area contributed by atoms with Gasteiger partial charge in [0.05, 0.1) is 6.26 Å². The third-order valence-electron chi connectivity index (χ3n) is 1.45. The number of rotatable bonds is 4. The van der Waals surface area contributed by atoms with Crippen molar-refractivity contribution < 1.29 is 12.6 Å². The quantitative estimate of drug-likeness (QED) is 0.434. The molecule has 0 aromatic carbocycles. The minimum Gasteiger partial charge on any atom is -0.254 e. The molecule has 5 heteroatoms. The average molecular weight is 248 g/mol. The molecule has 0 saturated heterocycles. The maximum Gasteiger partial charge on any atom is 0.265 e. The predicted octanol–water partition coefficient (Wildman–Crippen LogP) is 2.01. The van der Waals surface area contributed by atoms with Crippen LogP contribution in [0.5, 0.6) is 0 Å². The van der Waals surface area contributed by atoms with Gasteiger partial charge in [-0.1, -0.05) is 38.9 Å². The second kappa shape index (κ2) is 5.68. The molecule has 88 valence electrons. The lowest BCUT2D eigenvalue weighted by Crippen LogP contribution is -2.20. The molecule has 0 saturated carbocycles. The van der Waals surface area contributed by atoms with Gasteiger partial charge in [-0.3, -0.25) is 4.18 Å². The van der Waals surface area contributed by atoms with Crippen molar-refractivity contribution in [2.24, 2.45) is 0 Å². The summed E-state index contributed by atoms with van der Waals surface area (Å²) in [5.41, 5.74) is 3.13. The van der Waals surface area contributed by atoms with Gasteiger partial charge in [0.2, 0.25) is 0 Å². The van der Waals surface area contributed by atoms with E-state index in [1.807, 2.05) is 6.92 Å². The van der Waals surface area contributed by atoms with Gasteiger partial charge in [0.25, 0.3) is 10.1 Å². The van der Waals surface area contributed by atoms with E-state index in [0.29, 0.717) is 6.42 Å². The summed E-state index contributed by atoms with van der Waals surface area (Å²) >= 11 is 0. The zero-order chi connectivity index (χ0) is 12.1. The van der Waals surface area contributed by atoms with Crippen molar-refractivity contribution in [2.45, 2.75) is 45.5 Å². The van der Waals surface area contributed by atoms with E-state index in [9.17, 15) is 8.42 Å². The van der Waals surface area contributed by atoms with E-state index in [2.05, 4.69) is 31.1 Å². The first-order valence-electron chi connectivity index (χ1n) is 5.05. The van der Waals surface area contributed by atoms with Gasteiger partial charge in [-0.05, 0) is 6.42 Å². The SMILES string of the molecule is CCCC(C#C[Si](C)(C)C)OS(C)(=O)=O. The molecule has 0 radical (unpaired) electrons. The molecule has 0 aromatic rings. The number of hydrogen-bond acceptors (Lipinski definition) is 3. The Balaban J connectivity index is 4.60. The van der Waals surface area contributed by atoms with Gasteiger partial charge in [0, 0.05) is 0 Å². The van der Waals surface area contributed by atoms with Crippen LogP contribution in [0.1, 0.15) is 19.8 Å². The van der Waals surface area contributed by atoms with Gasteiger partial charge in [-0.2, -0.15) is 8.42 Å². The number of hydrogen-bond donors (Lipinski definition) is 0. The van der Waals surface area contributed by atoms with Crippen LogP contribution in [0.15, 0.2) is 0 Å². The van der Waals surface area contributed by atoms with E-state index >= 15 is 0 Å².